The molecule has 0 aliphatic heterocycles. The molecule has 3 nitrogen and oxygen atoms in total. The average molecular weight is 252 g/mol. The van der Waals surface area contributed by atoms with Crippen LogP contribution in [0.2, 0.25) is 0 Å². The highest BCUT2D eigenvalue weighted by atomic mass is 16.3. The van der Waals surface area contributed by atoms with Gasteiger partial charge in [0, 0.05) is 17.3 Å². The summed E-state index contributed by atoms with van der Waals surface area (Å²) in [5.41, 5.74) is 3.09. The summed E-state index contributed by atoms with van der Waals surface area (Å²) in [7, 11) is 1.94. The zero-order valence-electron chi connectivity index (χ0n) is 11.1. The first-order valence-corrected chi connectivity index (χ1v) is 6.36. The Labute approximate surface area is 112 Å². The lowest BCUT2D eigenvalue weighted by Crippen LogP contribution is -2.17. The predicted molar refractivity (Wildman–Crippen MR) is 76.1 cm³/mol. The monoisotopic (exact) mass is 252 g/mol. The highest BCUT2D eigenvalue weighted by molar-refractivity contribution is 5.77. The van der Waals surface area contributed by atoms with Crippen molar-refractivity contribution >= 4 is 11.0 Å². The molecule has 0 saturated heterocycles. The van der Waals surface area contributed by atoms with Gasteiger partial charge >= 0.3 is 0 Å². The Hall–Kier alpha value is -2.13. The van der Waals surface area contributed by atoms with E-state index in [1.807, 2.05) is 44.4 Å². The lowest BCUT2D eigenvalue weighted by Gasteiger charge is -2.14. The summed E-state index contributed by atoms with van der Waals surface area (Å²) >= 11 is 0. The third-order valence-electron chi connectivity index (χ3n) is 3.27. The molecular weight excluding hydrogens is 236 g/mol. The zero-order valence-corrected chi connectivity index (χ0v) is 11.1. The summed E-state index contributed by atoms with van der Waals surface area (Å²) < 4.78 is 5.93. The van der Waals surface area contributed by atoms with Gasteiger partial charge in [-0.15, -0.1) is 0 Å². The number of hydrogen-bond donors (Lipinski definition) is 1. The normalized spacial score (nSPS) is 12.7. The molecule has 1 unspecified atom stereocenters. The number of benzene rings is 1. The van der Waals surface area contributed by atoms with Crippen molar-refractivity contribution in [3.8, 4) is 0 Å². The number of furan rings is 1. The highest BCUT2D eigenvalue weighted by Gasteiger charge is 2.16. The Morgan fingerprint density at radius 3 is 2.74 bits per heavy atom. The Morgan fingerprint density at radius 2 is 2.00 bits per heavy atom. The number of nitrogens with one attached hydrogen (secondary N) is 1. The Bertz CT molecular complexity index is 670. The van der Waals surface area contributed by atoms with Gasteiger partial charge in [0.05, 0.1) is 6.04 Å². The fourth-order valence-corrected chi connectivity index (χ4v) is 2.36. The van der Waals surface area contributed by atoms with E-state index >= 15 is 0 Å². The maximum atomic E-state index is 5.93. The number of nitrogens with zero attached hydrogens (tertiary/aromatic N) is 1. The largest absolute Gasteiger partial charge is 0.459 e. The molecule has 3 rings (SSSR count). The minimum absolute atomic E-state index is 0.0501. The molecule has 0 spiro atoms. The lowest BCUT2D eigenvalue weighted by molar-refractivity contribution is 0.491. The number of para-hydroxylation sites is 1. The van der Waals surface area contributed by atoms with Crippen LogP contribution in [-0.2, 0) is 0 Å². The molecule has 2 aromatic heterocycles. The molecule has 0 bridgehead atoms. The predicted octanol–water partition coefficient (Wildman–Crippen LogP) is 3.45. The number of aryl methyl sites for hydroxylation is 1. The van der Waals surface area contributed by atoms with E-state index in [0.29, 0.717) is 0 Å². The van der Waals surface area contributed by atoms with Crippen LogP contribution < -0.4 is 5.32 Å². The summed E-state index contributed by atoms with van der Waals surface area (Å²) in [6, 6.07) is 14.3. The molecule has 96 valence electrons. The zero-order chi connectivity index (χ0) is 13.2. The molecule has 3 heteroatoms. The maximum absolute atomic E-state index is 5.93. The Balaban J connectivity index is 2.06. The number of rotatable bonds is 3. The van der Waals surface area contributed by atoms with Gasteiger partial charge in [-0.1, -0.05) is 18.2 Å². The van der Waals surface area contributed by atoms with E-state index in [2.05, 4.69) is 28.5 Å². The van der Waals surface area contributed by atoms with Crippen molar-refractivity contribution < 1.29 is 4.42 Å². The summed E-state index contributed by atoms with van der Waals surface area (Å²) in [6.45, 7) is 1.99. The maximum Gasteiger partial charge on any atom is 0.134 e. The summed E-state index contributed by atoms with van der Waals surface area (Å²) in [4.78, 5) is 4.23. The molecule has 1 N–H and O–H groups in total. The SMILES string of the molecule is CNC(c1ccnc(C)c1)c1cc2ccccc2o1. The van der Waals surface area contributed by atoms with Crippen molar-refractivity contribution in [3.05, 3.63) is 65.7 Å². The van der Waals surface area contributed by atoms with E-state index in [0.717, 1.165) is 28.0 Å². The van der Waals surface area contributed by atoms with Gasteiger partial charge in [0.2, 0.25) is 0 Å². The van der Waals surface area contributed by atoms with Crippen molar-refractivity contribution in [1.82, 2.24) is 10.3 Å². The van der Waals surface area contributed by atoms with E-state index < -0.39 is 0 Å². The highest BCUT2D eigenvalue weighted by Crippen LogP contribution is 2.27. The van der Waals surface area contributed by atoms with Crippen molar-refractivity contribution in [3.63, 3.8) is 0 Å². The van der Waals surface area contributed by atoms with Crippen molar-refractivity contribution in [2.45, 2.75) is 13.0 Å². The van der Waals surface area contributed by atoms with Gasteiger partial charge in [0.1, 0.15) is 11.3 Å². The van der Waals surface area contributed by atoms with E-state index in [1.54, 1.807) is 0 Å². The Kier molecular flexibility index (Phi) is 3.05. The molecule has 0 fully saturated rings. The quantitative estimate of drug-likeness (QED) is 0.776. The number of pyridine rings is 1. The molecule has 1 aromatic carbocycles. The topological polar surface area (TPSA) is 38.1 Å². The Morgan fingerprint density at radius 1 is 1.16 bits per heavy atom. The average Bonchev–Trinajstić information content (AvgIpc) is 2.83. The van der Waals surface area contributed by atoms with Gasteiger partial charge < -0.3 is 9.73 Å². The smallest absolute Gasteiger partial charge is 0.134 e. The first-order chi connectivity index (χ1) is 9.28. The first kappa shape index (κ1) is 11.9. The van der Waals surface area contributed by atoms with Gasteiger partial charge in [-0.3, -0.25) is 4.98 Å². The van der Waals surface area contributed by atoms with Crippen LogP contribution in [-0.4, -0.2) is 12.0 Å². The second-order valence-electron chi connectivity index (χ2n) is 4.64. The fraction of sp³-hybridized carbons (Fsp3) is 0.188. The molecule has 0 saturated carbocycles. The van der Waals surface area contributed by atoms with E-state index in [9.17, 15) is 0 Å². The second-order valence-corrected chi connectivity index (χ2v) is 4.64. The molecule has 0 aliphatic rings. The van der Waals surface area contributed by atoms with Gasteiger partial charge in [-0.2, -0.15) is 0 Å². The molecule has 19 heavy (non-hydrogen) atoms. The van der Waals surface area contributed by atoms with Crippen molar-refractivity contribution in [2.24, 2.45) is 0 Å². The minimum atomic E-state index is 0.0501. The van der Waals surface area contributed by atoms with Gasteiger partial charge in [0.15, 0.2) is 0 Å². The molecule has 1 atom stereocenters. The number of aromatic nitrogens is 1. The summed E-state index contributed by atoms with van der Waals surface area (Å²) in [6.07, 6.45) is 1.83. The van der Waals surface area contributed by atoms with Crippen LogP contribution in [0.5, 0.6) is 0 Å². The van der Waals surface area contributed by atoms with Crippen LogP contribution in [0.1, 0.15) is 23.1 Å². The van der Waals surface area contributed by atoms with Gasteiger partial charge in [-0.25, -0.2) is 0 Å². The van der Waals surface area contributed by atoms with E-state index in [4.69, 9.17) is 4.42 Å². The number of fused-ring (bicyclic) bond motifs is 1. The third kappa shape index (κ3) is 2.25. The second kappa shape index (κ2) is 4.86. The standard InChI is InChI=1S/C16H16N2O/c1-11-9-13(7-8-18-11)16(17-2)15-10-12-5-3-4-6-14(12)19-15/h3-10,16-17H,1-2H3. The van der Waals surface area contributed by atoms with E-state index in [1.165, 1.54) is 0 Å². The molecule has 0 radical (unpaired) electrons. The van der Waals surface area contributed by atoms with Gasteiger partial charge in [0.25, 0.3) is 0 Å². The van der Waals surface area contributed by atoms with Gasteiger partial charge in [-0.05, 0) is 43.8 Å². The lowest BCUT2D eigenvalue weighted by atomic mass is 10.0. The van der Waals surface area contributed by atoms with Crippen LogP contribution in [0, 0.1) is 6.92 Å². The molecule has 3 aromatic rings. The minimum Gasteiger partial charge on any atom is -0.459 e. The molecule has 2 heterocycles. The third-order valence-corrected chi connectivity index (χ3v) is 3.27. The van der Waals surface area contributed by atoms with Crippen molar-refractivity contribution in [2.75, 3.05) is 7.05 Å². The molecular formula is C16H16N2O. The van der Waals surface area contributed by atoms with Crippen molar-refractivity contribution in [1.29, 1.82) is 0 Å². The van der Waals surface area contributed by atoms with Crippen LogP contribution >= 0.6 is 0 Å². The fourth-order valence-electron chi connectivity index (χ4n) is 2.36. The van der Waals surface area contributed by atoms with Crippen LogP contribution in [0.3, 0.4) is 0 Å². The molecule has 0 amide bonds. The van der Waals surface area contributed by atoms with Crippen LogP contribution in [0.25, 0.3) is 11.0 Å². The van der Waals surface area contributed by atoms with Crippen LogP contribution in [0.4, 0.5) is 0 Å². The van der Waals surface area contributed by atoms with E-state index in [-0.39, 0.29) is 6.04 Å². The first-order valence-electron chi connectivity index (χ1n) is 6.36. The van der Waals surface area contributed by atoms with Crippen LogP contribution in [0.15, 0.2) is 53.1 Å². The molecule has 0 aliphatic carbocycles. The number of hydrogen-bond acceptors (Lipinski definition) is 3. The summed E-state index contributed by atoms with van der Waals surface area (Å²) in [5.74, 6) is 0.925. The summed E-state index contributed by atoms with van der Waals surface area (Å²) in [5, 5.41) is 4.43.